The van der Waals surface area contributed by atoms with Crippen LogP contribution in [0.1, 0.15) is 24.9 Å². The quantitative estimate of drug-likeness (QED) is 0.548. The predicted octanol–water partition coefficient (Wildman–Crippen LogP) is 1.40. The fourth-order valence-electron chi connectivity index (χ4n) is 1.73. The van der Waals surface area contributed by atoms with Crippen molar-refractivity contribution in [1.82, 2.24) is 10.6 Å². The molecule has 3 N–H and O–H groups in total. The normalized spacial score (nSPS) is 12.3. The van der Waals surface area contributed by atoms with Crippen molar-refractivity contribution in [3.05, 3.63) is 34.9 Å². The Morgan fingerprint density at radius 3 is 2.53 bits per heavy atom. The molecule has 0 aliphatic heterocycles. The van der Waals surface area contributed by atoms with Gasteiger partial charge in [-0.3, -0.25) is 0 Å². The summed E-state index contributed by atoms with van der Waals surface area (Å²) >= 11 is 11.2. The molecule has 0 saturated carbocycles. The van der Waals surface area contributed by atoms with E-state index in [4.69, 9.17) is 23.8 Å². The Kier molecular flexibility index (Phi) is 7.13. The minimum Gasteiger partial charge on any atom is -0.362 e. The van der Waals surface area contributed by atoms with Crippen LogP contribution in [0.4, 0.5) is 0 Å². The molecule has 0 spiro atoms. The summed E-state index contributed by atoms with van der Waals surface area (Å²) < 4.78 is 0. The molecule has 19 heavy (non-hydrogen) atoms. The summed E-state index contributed by atoms with van der Waals surface area (Å²) in [6.07, 6.45) is 1.11. The minimum atomic E-state index is 0.178. The first-order valence-electron chi connectivity index (χ1n) is 6.58. The molecule has 0 amide bonds. The summed E-state index contributed by atoms with van der Waals surface area (Å²) in [4.78, 5) is 1.45. The van der Waals surface area contributed by atoms with Crippen molar-refractivity contribution in [3.63, 3.8) is 0 Å². The largest absolute Gasteiger partial charge is 0.362 e. The second-order valence-electron chi connectivity index (χ2n) is 4.98. The van der Waals surface area contributed by atoms with Crippen LogP contribution in [-0.2, 0) is 0 Å². The number of hydrogen-bond donors (Lipinski definition) is 3. The number of halogens is 1. The number of quaternary nitrogens is 1. The van der Waals surface area contributed by atoms with Crippen molar-refractivity contribution < 1.29 is 4.90 Å². The van der Waals surface area contributed by atoms with E-state index in [0.29, 0.717) is 5.11 Å². The Morgan fingerprint density at radius 2 is 1.95 bits per heavy atom. The summed E-state index contributed by atoms with van der Waals surface area (Å²) in [5, 5.41) is 7.96. The van der Waals surface area contributed by atoms with Gasteiger partial charge >= 0.3 is 0 Å². The average molecular weight is 301 g/mol. The van der Waals surface area contributed by atoms with E-state index in [0.717, 1.165) is 24.5 Å². The van der Waals surface area contributed by atoms with Gasteiger partial charge in [-0.25, -0.2) is 0 Å². The lowest BCUT2D eigenvalue weighted by molar-refractivity contribution is -0.858. The maximum absolute atomic E-state index is 5.87. The highest BCUT2D eigenvalue weighted by molar-refractivity contribution is 7.80. The van der Waals surface area contributed by atoms with Gasteiger partial charge in [0.05, 0.1) is 26.7 Å². The third kappa shape index (κ3) is 6.76. The van der Waals surface area contributed by atoms with Crippen LogP contribution >= 0.6 is 23.8 Å². The SMILES string of the molecule is C[C@H](NC(=S)NCCC[NH+](C)C)c1ccc(Cl)cc1. The number of thiocarbonyl (C=S) groups is 1. The van der Waals surface area contributed by atoms with Gasteiger partial charge in [0.1, 0.15) is 0 Å². The van der Waals surface area contributed by atoms with E-state index in [1.165, 1.54) is 10.5 Å². The van der Waals surface area contributed by atoms with E-state index in [1.807, 2.05) is 24.3 Å². The van der Waals surface area contributed by atoms with Gasteiger partial charge in [-0.15, -0.1) is 0 Å². The number of nitrogens with one attached hydrogen (secondary N) is 3. The monoisotopic (exact) mass is 300 g/mol. The molecule has 106 valence electrons. The summed E-state index contributed by atoms with van der Waals surface area (Å²) in [6, 6.07) is 7.99. The predicted molar refractivity (Wildman–Crippen MR) is 85.9 cm³/mol. The van der Waals surface area contributed by atoms with E-state index in [1.54, 1.807) is 0 Å². The summed E-state index contributed by atoms with van der Waals surface area (Å²) in [5.74, 6) is 0. The summed E-state index contributed by atoms with van der Waals surface area (Å²) in [7, 11) is 4.30. The summed E-state index contributed by atoms with van der Waals surface area (Å²) in [6.45, 7) is 4.13. The van der Waals surface area contributed by atoms with Crippen molar-refractivity contribution in [1.29, 1.82) is 0 Å². The van der Waals surface area contributed by atoms with Crippen LogP contribution in [0.3, 0.4) is 0 Å². The first kappa shape index (κ1) is 16.2. The van der Waals surface area contributed by atoms with Crippen molar-refractivity contribution in [2.24, 2.45) is 0 Å². The van der Waals surface area contributed by atoms with Crippen molar-refractivity contribution in [2.75, 3.05) is 27.2 Å². The number of benzene rings is 1. The Balaban J connectivity index is 2.29. The molecule has 0 aliphatic rings. The van der Waals surface area contributed by atoms with Crippen LogP contribution in [0.15, 0.2) is 24.3 Å². The number of rotatable bonds is 6. The van der Waals surface area contributed by atoms with Crippen LogP contribution in [0.5, 0.6) is 0 Å². The molecule has 1 rings (SSSR count). The zero-order valence-corrected chi connectivity index (χ0v) is 13.4. The average Bonchev–Trinajstić information content (AvgIpc) is 2.35. The van der Waals surface area contributed by atoms with Crippen LogP contribution < -0.4 is 15.5 Å². The molecular weight excluding hydrogens is 278 g/mol. The lowest BCUT2D eigenvalue weighted by Gasteiger charge is -2.17. The van der Waals surface area contributed by atoms with Crippen LogP contribution in [-0.4, -0.2) is 32.3 Å². The zero-order chi connectivity index (χ0) is 14.3. The van der Waals surface area contributed by atoms with Gasteiger partial charge < -0.3 is 15.5 Å². The Labute approximate surface area is 126 Å². The first-order chi connectivity index (χ1) is 8.99. The topological polar surface area (TPSA) is 28.5 Å². The molecule has 0 heterocycles. The van der Waals surface area contributed by atoms with E-state index >= 15 is 0 Å². The minimum absolute atomic E-state index is 0.178. The van der Waals surface area contributed by atoms with Crippen LogP contribution in [0, 0.1) is 0 Å². The third-order valence-corrected chi connectivity index (χ3v) is 3.37. The lowest BCUT2D eigenvalue weighted by Crippen LogP contribution is -3.05. The van der Waals surface area contributed by atoms with Gasteiger partial charge in [0.2, 0.25) is 0 Å². The molecule has 0 fully saturated rings. The standard InChI is InChI=1S/C14H22ClN3S/c1-11(12-5-7-13(15)8-6-12)17-14(19)16-9-4-10-18(2)3/h5-8,11H,4,9-10H2,1-3H3,(H2,16,17,19)/p+1/t11-/m0/s1. The van der Waals surface area contributed by atoms with E-state index in [2.05, 4.69) is 31.7 Å². The molecule has 1 aromatic rings. The van der Waals surface area contributed by atoms with E-state index < -0.39 is 0 Å². The fraction of sp³-hybridized carbons (Fsp3) is 0.500. The molecule has 3 nitrogen and oxygen atoms in total. The highest BCUT2D eigenvalue weighted by atomic mass is 35.5. The Hall–Kier alpha value is -0.840. The molecule has 0 aromatic heterocycles. The van der Waals surface area contributed by atoms with Crippen molar-refractivity contribution in [2.45, 2.75) is 19.4 Å². The van der Waals surface area contributed by atoms with Gasteiger partial charge in [-0.05, 0) is 36.8 Å². The highest BCUT2D eigenvalue weighted by Gasteiger charge is 2.06. The van der Waals surface area contributed by atoms with Gasteiger partial charge in [0, 0.05) is 18.0 Å². The molecule has 0 unspecified atom stereocenters. The van der Waals surface area contributed by atoms with Gasteiger partial charge in [0.25, 0.3) is 0 Å². The Morgan fingerprint density at radius 1 is 1.32 bits per heavy atom. The molecule has 1 atom stereocenters. The van der Waals surface area contributed by atoms with Crippen LogP contribution in [0.2, 0.25) is 5.02 Å². The molecule has 0 aliphatic carbocycles. The first-order valence-corrected chi connectivity index (χ1v) is 7.36. The zero-order valence-electron chi connectivity index (χ0n) is 11.8. The van der Waals surface area contributed by atoms with Gasteiger partial charge in [-0.2, -0.15) is 0 Å². The van der Waals surface area contributed by atoms with E-state index in [-0.39, 0.29) is 6.04 Å². The smallest absolute Gasteiger partial charge is 0.166 e. The molecule has 1 aromatic carbocycles. The van der Waals surface area contributed by atoms with Gasteiger partial charge in [-0.1, -0.05) is 23.7 Å². The van der Waals surface area contributed by atoms with E-state index in [9.17, 15) is 0 Å². The second kappa shape index (κ2) is 8.35. The lowest BCUT2D eigenvalue weighted by atomic mass is 10.1. The molecule has 0 saturated heterocycles. The molecule has 0 radical (unpaired) electrons. The summed E-state index contributed by atoms with van der Waals surface area (Å²) in [5.41, 5.74) is 1.17. The second-order valence-corrected chi connectivity index (χ2v) is 5.83. The van der Waals surface area contributed by atoms with Gasteiger partial charge in [0.15, 0.2) is 5.11 Å². The number of hydrogen-bond acceptors (Lipinski definition) is 1. The third-order valence-electron chi connectivity index (χ3n) is 2.86. The fourth-order valence-corrected chi connectivity index (χ4v) is 2.13. The maximum Gasteiger partial charge on any atom is 0.166 e. The molecular formula is C14H23ClN3S+. The molecule has 5 heteroatoms. The highest BCUT2D eigenvalue weighted by Crippen LogP contribution is 2.15. The van der Waals surface area contributed by atoms with Crippen molar-refractivity contribution >= 4 is 28.9 Å². The Bertz CT molecular complexity index is 392. The van der Waals surface area contributed by atoms with Crippen LogP contribution in [0.25, 0.3) is 0 Å². The van der Waals surface area contributed by atoms with Crippen molar-refractivity contribution in [3.8, 4) is 0 Å². The maximum atomic E-state index is 5.87. The molecule has 0 bridgehead atoms.